The number of β-amino-alcohol motifs (C(OH)–C–C–N with tert-alkyl or cyclic N) is 1. The summed E-state index contributed by atoms with van der Waals surface area (Å²) in [6.07, 6.45) is 6.11. The highest BCUT2D eigenvalue weighted by Crippen LogP contribution is 2.37. The van der Waals surface area contributed by atoms with Crippen molar-refractivity contribution in [2.45, 2.75) is 65.4 Å². The van der Waals surface area contributed by atoms with Crippen molar-refractivity contribution >= 4 is 11.6 Å². The lowest BCUT2D eigenvalue weighted by Gasteiger charge is -2.39. The van der Waals surface area contributed by atoms with Crippen molar-refractivity contribution in [3.8, 4) is 0 Å². The molecule has 0 spiro atoms. The molecule has 1 saturated heterocycles. The molecule has 2 aliphatic heterocycles. The number of piperidine rings is 1. The van der Waals surface area contributed by atoms with Gasteiger partial charge in [-0.2, -0.15) is 0 Å². The summed E-state index contributed by atoms with van der Waals surface area (Å²) < 4.78 is 0. The number of carbonyl (C=O) groups is 1. The first-order valence-electron chi connectivity index (χ1n) is 11.2. The summed E-state index contributed by atoms with van der Waals surface area (Å²) in [6, 6.07) is 6.25. The first-order valence-corrected chi connectivity index (χ1v) is 11.2. The van der Waals surface area contributed by atoms with E-state index in [1.165, 1.54) is 18.4 Å². The maximum atomic E-state index is 12.6. The molecule has 0 unspecified atom stereocenters. The van der Waals surface area contributed by atoms with E-state index in [0.717, 1.165) is 62.5 Å². The molecule has 154 valence electrons. The van der Waals surface area contributed by atoms with Crippen LogP contribution in [0.25, 0.3) is 0 Å². The number of likely N-dealkylation sites (tertiary alicyclic amines) is 1. The van der Waals surface area contributed by atoms with Gasteiger partial charge in [0.1, 0.15) is 0 Å². The molecule has 28 heavy (non-hydrogen) atoms. The van der Waals surface area contributed by atoms with Crippen LogP contribution in [0.15, 0.2) is 18.2 Å². The average molecular weight is 385 g/mol. The van der Waals surface area contributed by atoms with Gasteiger partial charge < -0.3 is 14.9 Å². The number of fused-ring (bicyclic) bond motifs is 1. The highest BCUT2D eigenvalue weighted by Gasteiger charge is 2.36. The summed E-state index contributed by atoms with van der Waals surface area (Å²) in [5, 5.41) is 10.9. The van der Waals surface area contributed by atoms with Crippen LogP contribution in [0.4, 0.5) is 5.69 Å². The second-order valence-electron chi connectivity index (χ2n) is 10.2. The number of anilines is 1. The summed E-state index contributed by atoms with van der Waals surface area (Å²) >= 11 is 0. The van der Waals surface area contributed by atoms with Gasteiger partial charge in [-0.15, -0.1) is 0 Å². The highest BCUT2D eigenvalue weighted by molar-refractivity contribution is 5.97. The second-order valence-corrected chi connectivity index (χ2v) is 10.2. The molecule has 1 aliphatic carbocycles. The Labute approximate surface area is 169 Å². The minimum absolute atomic E-state index is 0.257. The number of aryl methyl sites for hydroxylation is 1. The van der Waals surface area contributed by atoms with Gasteiger partial charge in [0, 0.05) is 24.7 Å². The van der Waals surface area contributed by atoms with Crippen LogP contribution in [0.1, 0.15) is 70.1 Å². The molecule has 4 heteroatoms. The van der Waals surface area contributed by atoms with Crippen LogP contribution in [-0.2, 0) is 11.2 Å². The standard InChI is InChI=1S/C24H36N2O2/c1-24(2,3)20-10-13-25(14-11-20)16-22(27)19-8-9-21-18(15-19)5-4-12-26(21)23(28)17-6-7-17/h8-9,15,17,20,22,27H,4-7,10-14,16H2,1-3H3/t22-/m0/s1. The van der Waals surface area contributed by atoms with Gasteiger partial charge >= 0.3 is 0 Å². The van der Waals surface area contributed by atoms with Gasteiger partial charge in [0.2, 0.25) is 5.91 Å². The Morgan fingerprint density at radius 1 is 1.14 bits per heavy atom. The summed E-state index contributed by atoms with van der Waals surface area (Å²) in [5.74, 6) is 1.34. The van der Waals surface area contributed by atoms with E-state index in [-0.39, 0.29) is 5.92 Å². The maximum Gasteiger partial charge on any atom is 0.230 e. The van der Waals surface area contributed by atoms with Gasteiger partial charge in [0.05, 0.1) is 6.10 Å². The smallest absolute Gasteiger partial charge is 0.230 e. The maximum absolute atomic E-state index is 12.6. The van der Waals surface area contributed by atoms with Crippen LogP contribution >= 0.6 is 0 Å². The number of benzene rings is 1. The van der Waals surface area contributed by atoms with Crippen LogP contribution in [0.2, 0.25) is 0 Å². The molecule has 0 radical (unpaired) electrons. The van der Waals surface area contributed by atoms with Crippen molar-refractivity contribution in [2.75, 3.05) is 31.1 Å². The molecule has 1 aromatic carbocycles. The fourth-order valence-electron chi connectivity index (χ4n) is 4.94. The molecular weight excluding hydrogens is 348 g/mol. The Balaban J connectivity index is 1.39. The third kappa shape index (κ3) is 4.28. The predicted molar refractivity (Wildman–Crippen MR) is 113 cm³/mol. The number of aliphatic hydroxyl groups excluding tert-OH is 1. The van der Waals surface area contributed by atoms with E-state index in [9.17, 15) is 9.90 Å². The van der Waals surface area contributed by atoms with E-state index in [4.69, 9.17) is 0 Å². The lowest BCUT2D eigenvalue weighted by molar-refractivity contribution is -0.119. The van der Waals surface area contributed by atoms with Crippen molar-refractivity contribution < 1.29 is 9.90 Å². The Morgan fingerprint density at radius 2 is 1.86 bits per heavy atom. The fourth-order valence-corrected chi connectivity index (χ4v) is 4.94. The molecule has 4 nitrogen and oxygen atoms in total. The summed E-state index contributed by atoms with van der Waals surface area (Å²) in [5.41, 5.74) is 3.68. The van der Waals surface area contributed by atoms with Crippen LogP contribution in [0.3, 0.4) is 0 Å². The third-order valence-corrected chi connectivity index (χ3v) is 7.04. The molecule has 4 rings (SSSR count). The Hall–Kier alpha value is -1.39. The number of carbonyl (C=O) groups excluding carboxylic acids is 1. The van der Waals surface area contributed by atoms with E-state index in [1.807, 2.05) is 11.0 Å². The molecule has 2 fully saturated rings. The number of amides is 1. The first-order chi connectivity index (χ1) is 13.3. The van der Waals surface area contributed by atoms with Crippen molar-refractivity contribution in [1.29, 1.82) is 0 Å². The first kappa shape index (κ1) is 19.9. The van der Waals surface area contributed by atoms with Gasteiger partial charge in [-0.1, -0.05) is 32.9 Å². The number of rotatable bonds is 4. The normalized spacial score (nSPS) is 22.8. The summed E-state index contributed by atoms with van der Waals surface area (Å²) in [7, 11) is 0. The molecule has 1 aromatic rings. The van der Waals surface area contributed by atoms with Crippen LogP contribution in [0.5, 0.6) is 0 Å². The van der Waals surface area contributed by atoms with E-state index < -0.39 is 6.10 Å². The van der Waals surface area contributed by atoms with Gasteiger partial charge in [0.15, 0.2) is 0 Å². The van der Waals surface area contributed by atoms with Gasteiger partial charge in [-0.25, -0.2) is 0 Å². The van der Waals surface area contributed by atoms with E-state index in [1.54, 1.807) is 0 Å². The lowest BCUT2D eigenvalue weighted by atomic mass is 9.75. The lowest BCUT2D eigenvalue weighted by Crippen LogP contribution is -2.40. The zero-order valence-corrected chi connectivity index (χ0v) is 17.8. The quantitative estimate of drug-likeness (QED) is 0.847. The minimum Gasteiger partial charge on any atom is -0.387 e. The van der Waals surface area contributed by atoms with Gasteiger partial charge in [-0.3, -0.25) is 4.79 Å². The Morgan fingerprint density at radius 3 is 2.50 bits per heavy atom. The number of nitrogens with zero attached hydrogens (tertiary/aromatic N) is 2. The van der Waals surface area contributed by atoms with Crippen LogP contribution in [-0.4, -0.2) is 42.1 Å². The number of hydrogen-bond acceptors (Lipinski definition) is 3. The average Bonchev–Trinajstić information content (AvgIpc) is 3.51. The number of hydrogen-bond donors (Lipinski definition) is 1. The Kier molecular flexibility index (Phi) is 5.54. The van der Waals surface area contributed by atoms with Crippen LogP contribution in [0, 0.1) is 17.3 Å². The van der Waals surface area contributed by atoms with Crippen molar-refractivity contribution in [3.05, 3.63) is 29.3 Å². The molecular formula is C24H36N2O2. The zero-order chi connectivity index (χ0) is 19.9. The minimum atomic E-state index is -0.453. The molecule has 0 aromatic heterocycles. The molecule has 3 aliphatic rings. The molecule has 1 amide bonds. The van der Waals surface area contributed by atoms with Crippen molar-refractivity contribution in [2.24, 2.45) is 17.3 Å². The van der Waals surface area contributed by atoms with Gasteiger partial charge in [-0.05, 0) is 80.1 Å². The largest absolute Gasteiger partial charge is 0.387 e. The summed E-state index contributed by atoms with van der Waals surface area (Å²) in [6.45, 7) is 10.7. The fraction of sp³-hybridized carbons (Fsp3) is 0.708. The Bertz CT molecular complexity index is 712. The molecule has 1 atom stereocenters. The van der Waals surface area contributed by atoms with Gasteiger partial charge in [0.25, 0.3) is 0 Å². The number of aliphatic hydroxyl groups is 1. The zero-order valence-electron chi connectivity index (χ0n) is 17.8. The summed E-state index contributed by atoms with van der Waals surface area (Å²) in [4.78, 5) is 17.0. The third-order valence-electron chi connectivity index (χ3n) is 7.04. The van der Waals surface area contributed by atoms with Crippen molar-refractivity contribution in [1.82, 2.24) is 4.90 Å². The predicted octanol–water partition coefficient (Wildman–Crippen LogP) is 4.17. The molecule has 0 bridgehead atoms. The second kappa shape index (κ2) is 7.79. The van der Waals surface area contributed by atoms with E-state index in [0.29, 0.717) is 17.9 Å². The molecule has 1 saturated carbocycles. The van der Waals surface area contributed by atoms with E-state index >= 15 is 0 Å². The van der Waals surface area contributed by atoms with Crippen LogP contribution < -0.4 is 4.90 Å². The topological polar surface area (TPSA) is 43.8 Å². The monoisotopic (exact) mass is 384 g/mol. The van der Waals surface area contributed by atoms with E-state index in [2.05, 4.69) is 37.8 Å². The molecule has 2 heterocycles. The highest BCUT2D eigenvalue weighted by atomic mass is 16.3. The SMILES string of the molecule is CC(C)(C)C1CCN(C[C@H](O)c2ccc3c(c2)CCCN3C(=O)C2CC2)CC1. The molecule has 1 N–H and O–H groups in total. The van der Waals surface area contributed by atoms with Crippen molar-refractivity contribution in [3.63, 3.8) is 0 Å².